The zero-order chi connectivity index (χ0) is 13.7. The van der Waals surface area contributed by atoms with E-state index in [1.165, 1.54) is 11.1 Å². The Morgan fingerprint density at radius 3 is 2.39 bits per heavy atom. The molecule has 0 bridgehead atoms. The summed E-state index contributed by atoms with van der Waals surface area (Å²) in [4.78, 5) is 11.6. The highest BCUT2D eigenvalue weighted by Gasteiger charge is 2.11. The van der Waals surface area contributed by atoms with Gasteiger partial charge in [-0.15, -0.1) is 11.6 Å². The number of alkyl halides is 1. The number of amides is 1. The summed E-state index contributed by atoms with van der Waals surface area (Å²) in [5.41, 5.74) is 3.39. The van der Waals surface area contributed by atoms with Crippen molar-refractivity contribution < 1.29 is 4.79 Å². The Hall–Kier alpha value is -1.02. The Bertz CT molecular complexity index is 413. The number of carbonyl (C=O) groups excluding carboxylic acids is 1. The summed E-state index contributed by atoms with van der Waals surface area (Å²) in [5, 5.41) is 2.94. The molecule has 0 aromatic heterocycles. The van der Waals surface area contributed by atoms with Gasteiger partial charge in [0.1, 0.15) is 0 Å². The van der Waals surface area contributed by atoms with E-state index in [-0.39, 0.29) is 5.91 Å². The van der Waals surface area contributed by atoms with Crippen molar-refractivity contribution in [3.63, 3.8) is 0 Å². The fourth-order valence-corrected chi connectivity index (χ4v) is 2.00. The Kier molecular flexibility index (Phi) is 5.67. The van der Waals surface area contributed by atoms with Crippen molar-refractivity contribution in [2.45, 2.75) is 46.0 Å². The van der Waals surface area contributed by atoms with Gasteiger partial charge in [-0.1, -0.05) is 39.8 Å². The second kappa shape index (κ2) is 6.79. The van der Waals surface area contributed by atoms with E-state index in [1.54, 1.807) is 0 Å². The average Bonchev–Trinajstić information content (AvgIpc) is 2.29. The number of hydrogen-bond acceptors (Lipinski definition) is 1. The molecule has 0 heterocycles. The van der Waals surface area contributed by atoms with Crippen LogP contribution in [0, 0.1) is 0 Å². The number of anilines is 1. The topological polar surface area (TPSA) is 29.1 Å². The number of benzene rings is 1. The van der Waals surface area contributed by atoms with Crippen LogP contribution in [-0.4, -0.2) is 11.8 Å². The molecule has 0 radical (unpaired) electrons. The van der Waals surface area contributed by atoms with E-state index in [0.717, 1.165) is 5.69 Å². The summed E-state index contributed by atoms with van der Waals surface area (Å²) in [5.74, 6) is 1.21. The van der Waals surface area contributed by atoms with Gasteiger partial charge < -0.3 is 5.32 Å². The van der Waals surface area contributed by atoms with Gasteiger partial charge in [-0.05, 0) is 29.0 Å². The van der Waals surface area contributed by atoms with Gasteiger partial charge in [-0.25, -0.2) is 0 Å². The third-order valence-electron chi connectivity index (χ3n) is 2.96. The monoisotopic (exact) mass is 267 g/mol. The van der Waals surface area contributed by atoms with Gasteiger partial charge >= 0.3 is 0 Å². The van der Waals surface area contributed by atoms with Gasteiger partial charge in [0.2, 0.25) is 5.91 Å². The molecule has 3 heteroatoms. The van der Waals surface area contributed by atoms with Gasteiger partial charge in [0.05, 0.1) is 0 Å². The van der Waals surface area contributed by atoms with E-state index in [2.05, 4.69) is 45.1 Å². The van der Waals surface area contributed by atoms with Crippen molar-refractivity contribution in [1.29, 1.82) is 0 Å². The second-order valence-electron chi connectivity index (χ2n) is 5.14. The number of halogens is 1. The van der Waals surface area contributed by atoms with Crippen molar-refractivity contribution in [3.05, 3.63) is 29.3 Å². The second-order valence-corrected chi connectivity index (χ2v) is 5.52. The fourth-order valence-electron chi connectivity index (χ4n) is 1.83. The van der Waals surface area contributed by atoms with Crippen LogP contribution >= 0.6 is 11.6 Å². The summed E-state index contributed by atoms with van der Waals surface area (Å²) >= 11 is 5.57. The molecule has 1 rings (SSSR count). The molecular weight excluding hydrogens is 246 g/mol. The highest BCUT2D eigenvalue weighted by molar-refractivity contribution is 6.19. The van der Waals surface area contributed by atoms with Crippen molar-refractivity contribution in [2.24, 2.45) is 0 Å². The fraction of sp³-hybridized carbons (Fsp3) is 0.533. The lowest BCUT2D eigenvalue weighted by atomic mass is 9.94. The van der Waals surface area contributed by atoms with Crippen LogP contribution in [0.5, 0.6) is 0 Å². The lowest BCUT2D eigenvalue weighted by Gasteiger charge is -2.16. The molecule has 1 N–H and O–H groups in total. The minimum absolute atomic E-state index is 0.0239. The molecule has 2 nitrogen and oxygen atoms in total. The minimum atomic E-state index is -0.0239. The van der Waals surface area contributed by atoms with Crippen LogP contribution in [0.1, 0.15) is 57.1 Å². The van der Waals surface area contributed by atoms with Crippen LogP contribution in [0.3, 0.4) is 0 Å². The molecule has 18 heavy (non-hydrogen) atoms. The number of carbonyl (C=O) groups is 1. The van der Waals surface area contributed by atoms with Gasteiger partial charge in [0.15, 0.2) is 0 Å². The molecule has 0 fully saturated rings. The van der Waals surface area contributed by atoms with E-state index in [1.807, 2.05) is 6.07 Å². The SMILES string of the molecule is CC(C)c1ccc(NC(=O)CCCl)c(C(C)C)c1. The van der Waals surface area contributed by atoms with Crippen molar-refractivity contribution in [2.75, 3.05) is 11.2 Å². The Morgan fingerprint density at radius 1 is 1.22 bits per heavy atom. The molecule has 0 saturated carbocycles. The molecule has 1 aromatic rings. The Labute approximate surface area is 115 Å². The average molecular weight is 268 g/mol. The quantitative estimate of drug-likeness (QED) is 0.782. The summed E-state index contributed by atoms with van der Waals surface area (Å²) in [7, 11) is 0. The third kappa shape index (κ3) is 4.02. The highest BCUT2D eigenvalue weighted by Crippen LogP contribution is 2.28. The molecule has 0 aliphatic rings. The van der Waals surface area contributed by atoms with Crippen LogP contribution in [0.15, 0.2) is 18.2 Å². The van der Waals surface area contributed by atoms with Crippen molar-refractivity contribution in [1.82, 2.24) is 0 Å². The smallest absolute Gasteiger partial charge is 0.225 e. The molecule has 100 valence electrons. The number of hydrogen-bond donors (Lipinski definition) is 1. The molecule has 0 aliphatic heterocycles. The van der Waals surface area contributed by atoms with E-state index >= 15 is 0 Å². The maximum atomic E-state index is 11.6. The van der Waals surface area contributed by atoms with Gasteiger partial charge in [0, 0.05) is 18.0 Å². The van der Waals surface area contributed by atoms with Crippen LogP contribution < -0.4 is 5.32 Å². The van der Waals surface area contributed by atoms with Crippen LogP contribution in [-0.2, 0) is 4.79 Å². The maximum Gasteiger partial charge on any atom is 0.225 e. The van der Waals surface area contributed by atoms with Crippen LogP contribution in [0.25, 0.3) is 0 Å². The largest absolute Gasteiger partial charge is 0.326 e. The van der Waals surface area contributed by atoms with E-state index in [9.17, 15) is 4.79 Å². The standard InChI is InChI=1S/C15H22ClNO/c1-10(2)12-5-6-14(13(9-12)11(3)4)17-15(18)7-8-16/h5-6,9-11H,7-8H2,1-4H3,(H,17,18). The Balaban J connectivity index is 3.00. The molecule has 0 saturated heterocycles. The van der Waals surface area contributed by atoms with Gasteiger partial charge in [-0.2, -0.15) is 0 Å². The lowest BCUT2D eigenvalue weighted by Crippen LogP contribution is -2.13. The number of nitrogens with one attached hydrogen (secondary N) is 1. The highest BCUT2D eigenvalue weighted by atomic mass is 35.5. The lowest BCUT2D eigenvalue weighted by molar-refractivity contribution is -0.115. The first-order chi connectivity index (χ1) is 8.45. The summed E-state index contributed by atoms with van der Waals surface area (Å²) < 4.78 is 0. The summed E-state index contributed by atoms with van der Waals surface area (Å²) in [6.07, 6.45) is 0.352. The molecular formula is C15H22ClNO. The molecule has 0 atom stereocenters. The summed E-state index contributed by atoms with van der Waals surface area (Å²) in [6, 6.07) is 6.26. The molecule has 0 spiro atoms. The number of rotatable bonds is 5. The molecule has 1 amide bonds. The molecule has 1 aromatic carbocycles. The molecule has 0 aliphatic carbocycles. The normalized spacial score (nSPS) is 11.1. The Morgan fingerprint density at radius 2 is 1.89 bits per heavy atom. The van der Waals surface area contributed by atoms with E-state index < -0.39 is 0 Å². The first kappa shape index (κ1) is 15.0. The van der Waals surface area contributed by atoms with Crippen molar-refractivity contribution >= 4 is 23.2 Å². The van der Waals surface area contributed by atoms with Crippen LogP contribution in [0.2, 0.25) is 0 Å². The summed E-state index contributed by atoms with van der Waals surface area (Å²) in [6.45, 7) is 8.61. The first-order valence-electron chi connectivity index (χ1n) is 6.45. The first-order valence-corrected chi connectivity index (χ1v) is 6.98. The predicted molar refractivity (Wildman–Crippen MR) is 78.6 cm³/mol. The zero-order valence-corrected chi connectivity index (χ0v) is 12.3. The third-order valence-corrected chi connectivity index (χ3v) is 3.15. The van der Waals surface area contributed by atoms with Crippen LogP contribution in [0.4, 0.5) is 5.69 Å². The van der Waals surface area contributed by atoms with E-state index in [0.29, 0.717) is 24.1 Å². The minimum Gasteiger partial charge on any atom is -0.326 e. The molecule has 0 unspecified atom stereocenters. The van der Waals surface area contributed by atoms with Gasteiger partial charge in [-0.3, -0.25) is 4.79 Å². The van der Waals surface area contributed by atoms with Crippen molar-refractivity contribution in [3.8, 4) is 0 Å². The predicted octanol–water partition coefficient (Wildman–Crippen LogP) is 4.50. The van der Waals surface area contributed by atoms with E-state index in [4.69, 9.17) is 11.6 Å². The zero-order valence-electron chi connectivity index (χ0n) is 11.6. The maximum absolute atomic E-state index is 11.6. The van der Waals surface area contributed by atoms with Gasteiger partial charge in [0.25, 0.3) is 0 Å².